The average molecular weight is 607 g/mol. The predicted molar refractivity (Wildman–Crippen MR) is 175 cm³/mol. The number of ketones is 1. The molecule has 4 aromatic carbocycles. The zero-order chi connectivity index (χ0) is 31.6. The minimum absolute atomic E-state index is 0.00549. The highest BCUT2D eigenvalue weighted by atomic mass is 16.5. The van der Waals surface area contributed by atoms with E-state index in [-0.39, 0.29) is 5.78 Å². The van der Waals surface area contributed by atoms with Gasteiger partial charge in [-0.25, -0.2) is 0 Å². The van der Waals surface area contributed by atoms with E-state index in [9.17, 15) is 4.79 Å². The van der Waals surface area contributed by atoms with Crippen LogP contribution in [-0.2, 0) is 18.0 Å². The van der Waals surface area contributed by atoms with Gasteiger partial charge in [0.2, 0.25) is 11.5 Å². The van der Waals surface area contributed by atoms with Crippen molar-refractivity contribution in [3.8, 4) is 34.5 Å². The Bertz CT molecular complexity index is 1500. The topological polar surface area (TPSA) is 72.5 Å². The fourth-order valence-electron chi connectivity index (χ4n) is 5.29. The molecule has 4 aromatic rings. The van der Waals surface area contributed by atoms with Crippen molar-refractivity contribution in [2.24, 2.45) is 0 Å². The molecule has 1 aliphatic rings. The number of hydrogen-bond acceptors (Lipinski definition) is 7. The van der Waals surface area contributed by atoms with Crippen LogP contribution in [0.15, 0.2) is 96.1 Å². The lowest BCUT2D eigenvalue weighted by molar-refractivity contribution is -0.112. The predicted octanol–water partition coefficient (Wildman–Crippen LogP) is 8.10. The third-order valence-electron chi connectivity index (χ3n) is 7.58. The summed E-state index contributed by atoms with van der Waals surface area (Å²) >= 11 is 0. The van der Waals surface area contributed by atoms with Crippen molar-refractivity contribution in [3.63, 3.8) is 0 Å². The fourth-order valence-corrected chi connectivity index (χ4v) is 5.29. The quantitative estimate of drug-likeness (QED) is 0.151. The number of hydrogen-bond donors (Lipinski definition) is 0. The monoisotopic (exact) mass is 606 g/mol. The molecule has 0 heterocycles. The van der Waals surface area contributed by atoms with Gasteiger partial charge < -0.3 is 28.4 Å². The van der Waals surface area contributed by atoms with Crippen molar-refractivity contribution in [1.29, 1.82) is 0 Å². The van der Waals surface area contributed by atoms with Gasteiger partial charge in [0.25, 0.3) is 0 Å². The van der Waals surface area contributed by atoms with E-state index in [0.717, 1.165) is 39.8 Å². The van der Waals surface area contributed by atoms with Crippen molar-refractivity contribution in [3.05, 3.63) is 118 Å². The molecule has 0 unspecified atom stereocenters. The first-order chi connectivity index (χ1) is 22.0. The van der Waals surface area contributed by atoms with Crippen molar-refractivity contribution in [1.82, 2.24) is 0 Å². The summed E-state index contributed by atoms with van der Waals surface area (Å²) in [6, 6.07) is 27.3. The molecule has 1 saturated carbocycles. The van der Waals surface area contributed by atoms with Gasteiger partial charge in [0, 0.05) is 11.1 Å². The maximum absolute atomic E-state index is 13.7. The van der Waals surface area contributed by atoms with E-state index in [4.69, 9.17) is 28.4 Å². The molecule has 1 aliphatic carbocycles. The van der Waals surface area contributed by atoms with E-state index < -0.39 is 0 Å². The van der Waals surface area contributed by atoms with Crippen LogP contribution in [0, 0.1) is 0 Å². The molecule has 0 N–H and O–H groups in total. The summed E-state index contributed by atoms with van der Waals surface area (Å²) in [6.45, 7) is 0.743. The van der Waals surface area contributed by atoms with Gasteiger partial charge in [0.1, 0.15) is 13.2 Å². The molecule has 0 bridgehead atoms. The maximum atomic E-state index is 13.7. The molecule has 5 rings (SSSR count). The number of methoxy groups -OCH3 is 4. The minimum atomic E-state index is 0.00549. The highest BCUT2D eigenvalue weighted by Gasteiger charge is 2.23. The van der Waals surface area contributed by atoms with E-state index in [1.165, 1.54) is 0 Å². The summed E-state index contributed by atoms with van der Waals surface area (Å²) in [5, 5.41) is 0. The SMILES string of the molecule is COc1cc(/C=C2\CCC/C(=C\c3cc(OC)c(OCc4ccccc4)c(OC)c3)C2=O)cc(OC)c1OCc1ccccc1. The number of carbonyl (C=O) groups excluding carboxylic acids is 1. The second kappa shape index (κ2) is 15.0. The molecule has 7 heteroatoms. The highest BCUT2D eigenvalue weighted by molar-refractivity contribution is 6.14. The van der Waals surface area contributed by atoms with Crippen LogP contribution in [0.5, 0.6) is 34.5 Å². The van der Waals surface area contributed by atoms with E-state index in [1.54, 1.807) is 28.4 Å². The van der Waals surface area contributed by atoms with E-state index >= 15 is 0 Å². The van der Waals surface area contributed by atoms with Crippen molar-refractivity contribution < 1.29 is 33.2 Å². The summed E-state index contributed by atoms with van der Waals surface area (Å²) in [6.07, 6.45) is 6.01. The molecule has 0 aromatic heterocycles. The fraction of sp³-hybridized carbons (Fsp3) is 0.237. The number of carbonyl (C=O) groups is 1. The van der Waals surface area contributed by atoms with Crippen molar-refractivity contribution >= 4 is 17.9 Å². The van der Waals surface area contributed by atoms with Crippen LogP contribution in [0.2, 0.25) is 0 Å². The van der Waals surface area contributed by atoms with Gasteiger partial charge in [-0.1, -0.05) is 60.7 Å². The third kappa shape index (κ3) is 7.68. The maximum Gasteiger partial charge on any atom is 0.203 e. The molecule has 0 amide bonds. The van der Waals surface area contributed by atoms with Crippen LogP contribution < -0.4 is 28.4 Å². The Balaban J connectivity index is 1.38. The molecule has 0 saturated heterocycles. The Morgan fingerprint density at radius 2 is 0.911 bits per heavy atom. The Hall–Kier alpha value is -5.17. The van der Waals surface area contributed by atoms with Crippen LogP contribution in [0.3, 0.4) is 0 Å². The van der Waals surface area contributed by atoms with Gasteiger partial charge in [-0.05, 0) is 77.9 Å². The second-order valence-corrected chi connectivity index (χ2v) is 10.6. The first-order valence-electron chi connectivity index (χ1n) is 14.8. The van der Waals surface area contributed by atoms with Gasteiger partial charge in [0.15, 0.2) is 28.8 Å². The molecule has 0 atom stereocenters. The Kier molecular flexibility index (Phi) is 10.4. The summed E-state index contributed by atoms with van der Waals surface area (Å²) in [5.74, 6) is 3.16. The third-order valence-corrected chi connectivity index (χ3v) is 7.58. The molecule has 0 spiro atoms. The van der Waals surface area contributed by atoms with Crippen molar-refractivity contribution in [2.75, 3.05) is 28.4 Å². The average Bonchev–Trinajstić information content (AvgIpc) is 3.08. The zero-order valence-electron chi connectivity index (χ0n) is 26.1. The number of ether oxygens (including phenoxy) is 6. The lowest BCUT2D eigenvalue weighted by Crippen LogP contribution is -2.12. The standard InChI is InChI=1S/C38H38O7/c1-40-32-20-28(21-33(41-2)37(32)44-24-26-12-7-5-8-13-26)18-30-16-11-17-31(36(30)39)19-29-22-34(42-3)38(35(23-29)43-4)45-25-27-14-9-6-10-15-27/h5-10,12-15,18-23H,11,16-17,24-25H2,1-4H3/b30-18+,31-19+. The van der Waals surface area contributed by atoms with E-state index in [2.05, 4.69) is 0 Å². The Labute approximate surface area is 264 Å². The van der Waals surface area contributed by atoms with E-state index in [1.807, 2.05) is 97.1 Å². The van der Waals surface area contributed by atoms with Crippen LogP contribution in [0.4, 0.5) is 0 Å². The molecular weight excluding hydrogens is 568 g/mol. The van der Waals surface area contributed by atoms with Gasteiger partial charge in [-0.3, -0.25) is 4.79 Å². The minimum Gasteiger partial charge on any atom is -0.493 e. The van der Waals surface area contributed by atoms with Gasteiger partial charge in [-0.2, -0.15) is 0 Å². The Morgan fingerprint density at radius 3 is 1.24 bits per heavy atom. The Morgan fingerprint density at radius 1 is 0.556 bits per heavy atom. The number of allylic oxidation sites excluding steroid dienone is 2. The molecule has 0 aliphatic heterocycles. The van der Waals surface area contributed by atoms with E-state index in [0.29, 0.717) is 60.6 Å². The number of benzene rings is 4. The summed E-state index contributed by atoms with van der Waals surface area (Å²) in [5.41, 5.74) is 5.09. The summed E-state index contributed by atoms with van der Waals surface area (Å²) < 4.78 is 34.8. The normalized spacial score (nSPS) is 14.7. The first kappa shape index (κ1) is 31.3. The molecular formula is C38H38O7. The summed E-state index contributed by atoms with van der Waals surface area (Å²) in [7, 11) is 6.37. The van der Waals surface area contributed by atoms with Crippen LogP contribution >= 0.6 is 0 Å². The van der Waals surface area contributed by atoms with Crippen LogP contribution in [-0.4, -0.2) is 34.2 Å². The first-order valence-corrected chi connectivity index (χ1v) is 14.8. The van der Waals surface area contributed by atoms with Crippen LogP contribution in [0.1, 0.15) is 41.5 Å². The van der Waals surface area contributed by atoms with Gasteiger partial charge in [-0.15, -0.1) is 0 Å². The largest absolute Gasteiger partial charge is 0.493 e. The van der Waals surface area contributed by atoms with Gasteiger partial charge in [0.05, 0.1) is 28.4 Å². The zero-order valence-corrected chi connectivity index (χ0v) is 26.1. The second-order valence-electron chi connectivity index (χ2n) is 10.6. The molecule has 1 fully saturated rings. The summed E-state index contributed by atoms with van der Waals surface area (Å²) in [4.78, 5) is 13.7. The van der Waals surface area contributed by atoms with Crippen molar-refractivity contribution in [2.45, 2.75) is 32.5 Å². The smallest absolute Gasteiger partial charge is 0.203 e. The van der Waals surface area contributed by atoms with Gasteiger partial charge >= 0.3 is 0 Å². The molecule has 45 heavy (non-hydrogen) atoms. The molecule has 232 valence electrons. The highest BCUT2D eigenvalue weighted by Crippen LogP contribution is 2.42. The van der Waals surface area contributed by atoms with Crippen LogP contribution in [0.25, 0.3) is 12.2 Å². The lowest BCUT2D eigenvalue weighted by Gasteiger charge is -2.19. The lowest BCUT2D eigenvalue weighted by atomic mass is 9.86. The number of rotatable bonds is 12. The molecule has 7 nitrogen and oxygen atoms in total. The number of Topliss-reactive ketones (excluding diaryl/α,β-unsaturated/α-hetero) is 1. The molecule has 0 radical (unpaired) electrons.